The quantitative estimate of drug-likeness (QED) is 0.584. The number of likely N-dealkylation sites (tertiary alicyclic amines) is 1. The molecule has 0 unspecified atom stereocenters. The first-order chi connectivity index (χ1) is 15.2. The van der Waals surface area contributed by atoms with Crippen molar-refractivity contribution in [2.45, 2.75) is 45.1 Å². The van der Waals surface area contributed by atoms with Gasteiger partial charge in [0, 0.05) is 47.1 Å². The fraction of sp³-hybridized carbons (Fsp3) is 0.346. The van der Waals surface area contributed by atoms with Crippen molar-refractivity contribution in [3.8, 4) is 22.5 Å². The number of hydrogen-bond acceptors (Lipinski definition) is 4. The Kier molecular flexibility index (Phi) is 6.31. The standard InChI is InChI=1S/C26H28ClN3O2/c1-26(2,3)24-16-17(9-12-28-24)22-5-4-6-23(29-22)20-8-7-18(15-21(20)27)25(32)30-13-10-19(31)11-14-30/h4-9,12,15-16,19,31H,10-11,13-14H2,1-3H3. The van der Waals surface area contributed by atoms with Gasteiger partial charge < -0.3 is 10.0 Å². The Morgan fingerprint density at radius 3 is 2.47 bits per heavy atom. The number of nitrogens with zero attached hydrogens (tertiary/aromatic N) is 3. The predicted octanol–water partition coefficient (Wildman–Crippen LogP) is 5.36. The van der Waals surface area contributed by atoms with E-state index >= 15 is 0 Å². The lowest BCUT2D eigenvalue weighted by Gasteiger charge is -2.29. The van der Waals surface area contributed by atoms with Crippen molar-refractivity contribution in [2.75, 3.05) is 13.1 Å². The Morgan fingerprint density at radius 1 is 1.06 bits per heavy atom. The summed E-state index contributed by atoms with van der Waals surface area (Å²) < 4.78 is 0. The second kappa shape index (κ2) is 9.00. The maximum absolute atomic E-state index is 12.8. The van der Waals surface area contributed by atoms with Crippen LogP contribution in [-0.4, -0.2) is 45.1 Å². The first kappa shape index (κ1) is 22.4. The van der Waals surface area contributed by atoms with Gasteiger partial charge in [-0.2, -0.15) is 0 Å². The van der Waals surface area contributed by atoms with Crippen molar-refractivity contribution >= 4 is 17.5 Å². The van der Waals surface area contributed by atoms with Gasteiger partial charge in [-0.3, -0.25) is 9.78 Å². The van der Waals surface area contributed by atoms with E-state index in [0.717, 1.165) is 28.2 Å². The number of piperidine rings is 1. The Balaban J connectivity index is 1.60. The van der Waals surface area contributed by atoms with Crippen LogP contribution in [0.4, 0.5) is 0 Å². The molecule has 4 rings (SSSR count). The van der Waals surface area contributed by atoms with Crippen molar-refractivity contribution in [1.82, 2.24) is 14.9 Å². The van der Waals surface area contributed by atoms with Crippen molar-refractivity contribution < 1.29 is 9.90 Å². The van der Waals surface area contributed by atoms with E-state index in [-0.39, 0.29) is 17.4 Å². The van der Waals surface area contributed by atoms with Crippen LogP contribution in [0.15, 0.2) is 54.7 Å². The largest absolute Gasteiger partial charge is 0.393 e. The molecule has 32 heavy (non-hydrogen) atoms. The molecule has 0 atom stereocenters. The van der Waals surface area contributed by atoms with E-state index < -0.39 is 0 Å². The topological polar surface area (TPSA) is 66.3 Å². The number of halogens is 1. The van der Waals surface area contributed by atoms with Gasteiger partial charge in [0.1, 0.15) is 0 Å². The Labute approximate surface area is 194 Å². The van der Waals surface area contributed by atoms with Crippen LogP contribution < -0.4 is 0 Å². The monoisotopic (exact) mass is 449 g/mol. The highest BCUT2D eigenvalue weighted by molar-refractivity contribution is 6.33. The summed E-state index contributed by atoms with van der Waals surface area (Å²) in [4.78, 5) is 23.9. The minimum atomic E-state index is -0.316. The zero-order valence-electron chi connectivity index (χ0n) is 18.7. The number of aliphatic hydroxyl groups is 1. The maximum Gasteiger partial charge on any atom is 0.253 e. The van der Waals surface area contributed by atoms with Gasteiger partial charge >= 0.3 is 0 Å². The van der Waals surface area contributed by atoms with Crippen molar-refractivity contribution in [2.24, 2.45) is 0 Å². The number of hydrogen-bond donors (Lipinski definition) is 1. The molecule has 166 valence electrons. The number of pyridine rings is 2. The molecule has 1 amide bonds. The molecule has 1 aliphatic rings. The molecule has 3 heterocycles. The predicted molar refractivity (Wildman–Crippen MR) is 128 cm³/mol. The average Bonchev–Trinajstić information content (AvgIpc) is 2.78. The van der Waals surface area contributed by atoms with Crippen molar-refractivity contribution in [1.29, 1.82) is 0 Å². The maximum atomic E-state index is 12.8. The average molecular weight is 450 g/mol. The normalized spacial score (nSPS) is 15.1. The lowest BCUT2D eigenvalue weighted by atomic mass is 9.90. The highest BCUT2D eigenvalue weighted by Crippen LogP contribution is 2.31. The van der Waals surface area contributed by atoms with Gasteiger partial charge in [0.05, 0.1) is 22.5 Å². The molecule has 6 heteroatoms. The van der Waals surface area contributed by atoms with Crippen LogP contribution in [0.25, 0.3) is 22.5 Å². The molecule has 5 nitrogen and oxygen atoms in total. The number of carbonyl (C=O) groups excluding carboxylic acids is 1. The van der Waals surface area contributed by atoms with Gasteiger partial charge in [-0.25, -0.2) is 4.98 Å². The molecule has 0 saturated carbocycles. The minimum Gasteiger partial charge on any atom is -0.393 e. The molecule has 1 fully saturated rings. The zero-order chi connectivity index (χ0) is 22.9. The van der Waals surface area contributed by atoms with E-state index in [1.807, 2.05) is 36.5 Å². The number of benzene rings is 1. The molecular weight excluding hydrogens is 422 g/mol. The summed E-state index contributed by atoms with van der Waals surface area (Å²) >= 11 is 6.59. The minimum absolute atomic E-state index is 0.0499. The van der Waals surface area contributed by atoms with E-state index in [2.05, 4.69) is 31.8 Å². The molecule has 3 aromatic rings. The summed E-state index contributed by atoms with van der Waals surface area (Å²) in [5, 5.41) is 10.2. The van der Waals surface area contributed by atoms with Crippen LogP contribution in [0.3, 0.4) is 0 Å². The lowest BCUT2D eigenvalue weighted by molar-refractivity contribution is 0.0546. The summed E-state index contributed by atoms with van der Waals surface area (Å²) in [6.45, 7) is 7.53. The van der Waals surface area contributed by atoms with Crippen LogP contribution >= 0.6 is 11.6 Å². The SMILES string of the molecule is CC(C)(C)c1cc(-c2cccc(-c3ccc(C(=O)N4CCC(O)CC4)cc3Cl)n2)ccn1. The molecule has 1 saturated heterocycles. The molecular formula is C26H28ClN3O2. The second-order valence-corrected chi connectivity index (χ2v) is 9.71. The van der Waals surface area contributed by atoms with Crippen LogP contribution in [0, 0.1) is 0 Å². The van der Waals surface area contributed by atoms with Gasteiger partial charge in [0.25, 0.3) is 5.91 Å². The number of aliphatic hydroxyl groups excluding tert-OH is 1. The Morgan fingerprint density at radius 2 is 1.78 bits per heavy atom. The molecule has 0 radical (unpaired) electrons. The van der Waals surface area contributed by atoms with Crippen LogP contribution in [0.1, 0.15) is 49.7 Å². The smallest absolute Gasteiger partial charge is 0.253 e. The summed E-state index contributed by atoms with van der Waals surface area (Å²) in [5.41, 5.74) is 4.89. The number of rotatable bonds is 3. The third kappa shape index (κ3) is 4.84. The van der Waals surface area contributed by atoms with E-state index in [1.54, 1.807) is 17.0 Å². The molecule has 0 aliphatic carbocycles. The Hall–Kier alpha value is -2.76. The second-order valence-electron chi connectivity index (χ2n) is 9.31. The van der Waals surface area contributed by atoms with E-state index in [9.17, 15) is 9.90 Å². The Bertz CT molecular complexity index is 1130. The third-order valence-corrected chi connectivity index (χ3v) is 6.13. The number of carbonyl (C=O) groups is 1. The first-order valence-electron chi connectivity index (χ1n) is 10.9. The highest BCUT2D eigenvalue weighted by atomic mass is 35.5. The van der Waals surface area contributed by atoms with Crippen LogP contribution in [0.2, 0.25) is 5.02 Å². The van der Waals surface area contributed by atoms with Crippen molar-refractivity contribution in [3.63, 3.8) is 0 Å². The van der Waals surface area contributed by atoms with Gasteiger partial charge in [-0.15, -0.1) is 0 Å². The molecule has 0 bridgehead atoms. The van der Waals surface area contributed by atoms with E-state index in [4.69, 9.17) is 16.6 Å². The van der Waals surface area contributed by atoms with Crippen LogP contribution in [0.5, 0.6) is 0 Å². The summed E-state index contributed by atoms with van der Waals surface area (Å²) in [5.74, 6) is -0.0569. The third-order valence-electron chi connectivity index (χ3n) is 5.82. The molecule has 0 spiro atoms. The van der Waals surface area contributed by atoms with Crippen LogP contribution in [-0.2, 0) is 5.41 Å². The summed E-state index contributed by atoms with van der Waals surface area (Å²) in [7, 11) is 0. The fourth-order valence-corrected chi connectivity index (χ4v) is 4.13. The lowest BCUT2D eigenvalue weighted by Crippen LogP contribution is -2.40. The molecule has 1 aromatic carbocycles. The fourth-order valence-electron chi connectivity index (χ4n) is 3.85. The summed E-state index contributed by atoms with van der Waals surface area (Å²) in [6, 6.07) is 15.3. The van der Waals surface area contributed by atoms with E-state index in [0.29, 0.717) is 36.5 Å². The van der Waals surface area contributed by atoms with Gasteiger partial charge in [-0.1, -0.05) is 44.5 Å². The van der Waals surface area contributed by atoms with Crippen molar-refractivity contribution in [3.05, 3.63) is 71.0 Å². The molecule has 2 aromatic heterocycles. The first-order valence-corrected chi connectivity index (χ1v) is 11.3. The number of amides is 1. The molecule has 1 aliphatic heterocycles. The number of aromatic nitrogens is 2. The summed E-state index contributed by atoms with van der Waals surface area (Å²) in [6.07, 6.45) is 2.72. The zero-order valence-corrected chi connectivity index (χ0v) is 19.4. The van der Waals surface area contributed by atoms with Gasteiger partial charge in [0.15, 0.2) is 0 Å². The highest BCUT2D eigenvalue weighted by Gasteiger charge is 2.23. The van der Waals surface area contributed by atoms with Gasteiger partial charge in [-0.05, 0) is 49.2 Å². The van der Waals surface area contributed by atoms with Gasteiger partial charge in [0.2, 0.25) is 0 Å². The van der Waals surface area contributed by atoms with E-state index in [1.165, 1.54) is 0 Å². The molecule has 1 N–H and O–H groups in total.